The molecule has 1 saturated heterocycles. The SMILES string of the molecule is CC(C)(C)c1nccc(NCC2CCN(C(=O)C(F)(F)F)CC2)n1. The Morgan fingerprint density at radius 1 is 1.29 bits per heavy atom. The zero-order chi connectivity index (χ0) is 18.0. The van der Waals surface area contributed by atoms with E-state index in [1.165, 1.54) is 0 Å². The number of piperidine rings is 1. The molecule has 1 aliphatic heterocycles. The van der Waals surface area contributed by atoms with Crippen molar-refractivity contribution in [2.24, 2.45) is 5.92 Å². The summed E-state index contributed by atoms with van der Waals surface area (Å²) in [5, 5.41) is 3.22. The average Bonchev–Trinajstić information content (AvgIpc) is 2.51. The molecule has 0 aliphatic carbocycles. The van der Waals surface area contributed by atoms with Crippen LogP contribution in [0.25, 0.3) is 0 Å². The summed E-state index contributed by atoms with van der Waals surface area (Å²) in [5.41, 5.74) is -0.152. The van der Waals surface area contributed by atoms with E-state index in [4.69, 9.17) is 0 Å². The molecule has 1 aromatic rings. The van der Waals surface area contributed by atoms with Crippen LogP contribution in [0, 0.1) is 5.92 Å². The third kappa shape index (κ3) is 4.82. The summed E-state index contributed by atoms with van der Waals surface area (Å²) in [7, 11) is 0. The minimum absolute atomic E-state index is 0.141. The summed E-state index contributed by atoms with van der Waals surface area (Å²) < 4.78 is 37.2. The minimum atomic E-state index is -4.78. The van der Waals surface area contributed by atoms with Crippen molar-refractivity contribution in [1.82, 2.24) is 14.9 Å². The van der Waals surface area contributed by atoms with Crippen LogP contribution in [-0.2, 0) is 10.2 Å². The molecule has 134 valence electrons. The van der Waals surface area contributed by atoms with Gasteiger partial charge in [0.15, 0.2) is 0 Å². The van der Waals surface area contributed by atoms with Crippen molar-refractivity contribution in [2.45, 2.75) is 45.2 Å². The van der Waals surface area contributed by atoms with E-state index in [1.54, 1.807) is 12.3 Å². The largest absolute Gasteiger partial charge is 0.471 e. The van der Waals surface area contributed by atoms with Gasteiger partial charge in [-0.25, -0.2) is 9.97 Å². The van der Waals surface area contributed by atoms with Crippen LogP contribution < -0.4 is 5.32 Å². The fraction of sp³-hybridized carbons (Fsp3) is 0.688. The van der Waals surface area contributed by atoms with Crippen molar-refractivity contribution >= 4 is 11.7 Å². The van der Waals surface area contributed by atoms with Crippen molar-refractivity contribution in [3.8, 4) is 0 Å². The third-order valence-electron chi connectivity index (χ3n) is 4.04. The van der Waals surface area contributed by atoms with Gasteiger partial charge in [0.25, 0.3) is 0 Å². The number of nitrogens with zero attached hydrogens (tertiary/aromatic N) is 3. The molecule has 0 spiro atoms. The molecule has 1 aromatic heterocycles. The van der Waals surface area contributed by atoms with E-state index in [2.05, 4.69) is 15.3 Å². The summed E-state index contributed by atoms with van der Waals surface area (Å²) in [6, 6.07) is 1.78. The summed E-state index contributed by atoms with van der Waals surface area (Å²) in [6.07, 6.45) is -1.99. The van der Waals surface area contributed by atoms with Crippen molar-refractivity contribution in [1.29, 1.82) is 0 Å². The first-order valence-corrected chi connectivity index (χ1v) is 8.01. The molecule has 0 unspecified atom stereocenters. The van der Waals surface area contributed by atoms with Gasteiger partial charge in [-0.15, -0.1) is 0 Å². The van der Waals surface area contributed by atoms with Crippen LogP contribution in [0.1, 0.15) is 39.4 Å². The molecule has 2 rings (SSSR count). The molecule has 0 radical (unpaired) electrons. The standard InChI is InChI=1S/C16H23F3N4O/c1-15(2,3)13-20-7-4-12(22-13)21-10-11-5-8-23(9-6-11)14(24)16(17,18)19/h4,7,11H,5-6,8-10H2,1-3H3,(H,20,21,22). The molecule has 8 heteroatoms. The van der Waals surface area contributed by atoms with Crippen molar-refractivity contribution < 1.29 is 18.0 Å². The average molecular weight is 344 g/mol. The highest BCUT2D eigenvalue weighted by molar-refractivity contribution is 5.81. The van der Waals surface area contributed by atoms with Gasteiger partial charge >= 0.3 is 12.1 Å². The van der Waals surface area contributed by atoms with Gasteiger partial charge in [-0.2, -0.15) is 13.2 Å². The number of carbonyl (C=O) groups is 1. The minimum Gasteiger partial charge on any atom is -0.370 e. The summed E-state index contributed by atoms with van der Waals surface area (Å²) in [5.74, 6) is -0.0725. The number of likely N-dealkylation sites (tertiary alicyclic amines) is 1. The quantitative estimate of drug-likeness (QED) is 0.916. The normalized spacial score (nSPS) is 17.0. The van der Waals surface area contributed by atoms with Crippen LogP contribution in [0.2, 0.25) is 0 Å². The fourth-order valence-electron chi connectivity index (χ4n) is 2.59. The van der Waals surface area contributed by atoms with Crippen LogP contribution in [0.15, 0.2) is 12.3 Å². The highest BCUT2D eigenvalue weighted by Gasteiger charge is 2.43. The van der Waals surface area contributed by atoms with Crippen LogP contribution in [0.4, 0.5) is 19.0 Å². The summed E-state index contributed by atoms with van der Waals surface area (Å²) in [6.45, 7) is 6.98. The van der Waals surface area contributed by atoms with Crippen LogP contribution >= 0.6 is 0 Å². The highest BCUT2D eigenvalue weighted by Crippen LogP contribution is 2.24. The lowest BCUT2D eigenvalue weighted by atomic mass is 9.95. The Labute approximate surface area is 139 Å². The maximum Gasteiger partial charge on any atom is 0.471 e. The number of nitrogens with one attached hydrogen (secondary N) is 1. The Kier molecular flexibility index (Phi) is 5.35. The second-order valence-corrected chi connectivity index (χ2v) is 7.13. The van der Waals surface area contributed by atoms with E-state index in [0.29, 0.717) is 25.2 Å². The fourth-order valence-corrected chi connectivity index (χ4v) is 2.59. The molecular weight excluding hydrogens is 321 g/mol. The molecule has 0 atom stereocenters. The van der Waals surface area contributed by atoms with E-state index in [-0.39, 0.29) is 24.4 Å². The number of halogens is 3. The van der Waals surface area contributed by atoms with E-state index in [1.807, 2.05) is 20.8 Å². The molecule has 0 aromatic carbocycles. The number of aromatic nitrogens is 2. The van der Waals surface area contributed by atoms with Crippen molar-refractivity contribution in [3.05, 3.63) is 18.1 Å². The Bertz CT molecular complexity index is 575. The molecule has 5 nitrogen and oxygen atoms in total. The van der Waals surface area contributed by atoms with Gasteiger partial charge in [-0.05, 0) is 24.8 Å². The molecular formula is C16H23F3N4O. The number of anilines is 1. The summed E-state index contributed by atoms with van der Waals surface area (Å²) in [4.78, 5) is 20.8. The van der Waals surface area contributed by atoms with Gasteiger partial charge in [0.05, 0.1) is 0 Å². The van der Waals surface area contributed by atoms with Crippen LogP contribution in [0.5, 0.6) is 0 Å². The number of rotatable bonds is 3. The van der Waals surface area contributed by atoms with Crippen molar-refractivity contribution in [2.75, 3.05) is 25.0 Å². The monoisotopic (exact) mass is 344 g/mol. The van der Waals surface area contributed by atoms with Gasteiger partial charge in [0.2, 0.25) is 0 Å². The zero-order valence-electron chi connectivity index (χ0n) is 14.2. The number of alkyl halides is 3. The molecule has 0 bridgehead atoms. The molecule has 1 fully saturated rings. The van der Waals surface area contributed by atoms with Crippen LogP contribution in [0.3, 0.4) is 0 Å². The molecule has 1 amide bonds. The van der Waals surface area contributed by atoms with E-state index < -0.39 is 12.1 Å². The Balaban J connectivity index is 1.84. The molecule has 24 heavy (non-hydrogen) atoms. The molecule has 0 saturated carbocycles. The van der Waals surface area contributed by atoms with Gasteiger partial charge < -0.3 is 10.2 Å². The maximum atomic E-state index is 12.4. The van der Waals surface area contributed by atoms with Crippen molar-refractivity contribution in [3.63, 3.8) is 0 Å². The Morgan fingerprint density at radius 2 is 1.92 bits per heavy atom. The van der Waals surface area contributed by atoms with E-state index in [0.717, 1.165) is 10.7 Å². The number of amides is 1. The first-order chi connectivity index (χ1) is 11.1. The first kappa shape index (κ1) is 18.5. The third-order valence-corrected chi connectivity index (χ3v) is 4.04. The topological polar surface area (TPSA) is 58.1 Å². The second-order valence-electron chi connectivity index (χ2n) is 7.13. The lowest BCUT2D eigenvalue weighted by molar-refractivity contribution is -0.186. The smallest absolute Gasteiger partial charge is 0.370 e. The lowest BCUT2D eigenvalue weighted by Crippen LogP contribution is -2.46. The number of hydrogen-bond donors (Lipinski definition) is 1. The van der Waals surface area contributed by atoms with Crippen LogP contribution in [-0.4, -0.2) is 46.6 Å². The number of hydrogen-bond acceptors (Lipinski definition) is 4. The van der Waals surface area contributed by atoms with Gasteiger partial charge in [-0.1, -0.05) is 20.8 Å². The highest BCUT2D eigenvalue weighted by atomic mass is 19.4. The Hall–Kier alpha value is -1.86. The van der Waals surface area contributed by atoms with Gasteiger partial charge in [-0.3, -0.25) is 4.79 Å². The zero-order valence-corrected chi connectivity index (χ0v) is 14.2. The predicted molar refractivity (Wildman–Crippen MR) is 84.6 cm³/mol. The van der Waals surface area contributed by atoms with Gasteiger partial charge in [0, 0.05) is 31.2 Å². The lowest BCUT2D eigenvalue weighted by Gasteiger charge is -2.32. The molecule has 1 N–H and O–H groups in total. The van der Waals surface area contributed by atoms with E-state index in [9.17, 15) is 18.0 Å². The van der Waals surface area contributed by atoms with E-state index >= 15 is 0 Å². The Morgan fingerprint density at radius 3 is 2.46 bits per heavy atom. The number of carbonyl (C=O) groups excluding carboxylic acids is 1. The maximum absolute atomic E-state index is 12.4. The predicted octanol–water partition coefficient (Wildman–Crippen LogP) is 2.99. The molecule has 1 aliphatic rings. The molecule has 2 heterocycles. The first-order valence-electron chi connectivity index (χ1n) is 8.01. The second kappa shape index (κ2) is 6.94. The van der Waals surface area contributed by atoms with Gasteiger partial charge in [0.1, 0.15) is 11.6 Å². The summed E-state index contributed by atoms with van der Waals surface area (Å²) >= 11 is 0.